The van der Waals surface area contributed by atoms with Crippen LogP contribution in [0.1, 0.15) is 72.6 Å². The summed E-state index contributed by atoms with van der Waals surface area (Å²) in [6, 6.07) is 2.19. The Bertz CT molecular complexity index is 300. The van der Waals surface area contributed by atoms with E-state index in [4.69, 9.17) is 0 Å². The van der Waals surface area contributed by atoms with Crippen molar-refractivity contribution in [3.63, 3.8) is 0 Å². The third kappa shape index (κ3) is 3.39. The third-order valence-electron chi connectivity index (χ3n) is 6.08. The van der Waals surface area contributed by atoms with E-state index >= 15 is 0 Å². The second kappa shape index (κ2) is 6.79. The molecule has 4 atom stereocenters. The Morgan fingerprint density at radius 2 is 1.70 bits per heavy atom. The third-order valence-corrected chi connectivity index (χ3v) is 6.08. The molecule has 0 aliphatic heterocycles. The molecule has 20 heavy (non-hydrogen) atoms. The number of nitrogens with zero attached hydrogens (tertiary/aromatic N) is 1. The van der Waals surface area contributed by atoms with Gasteiger partial charge >= 0.3 is 0 Å². The summed E-state index contributed by atoms with van der Waals surface area (Å²) in [6.45, 7) is 10.7. The first-order valence-corrected chi connectivity index (χ1v) is 8.92. The molecule has 0 heterocycles. The van der Waals surface area contributed by atoms with Gasteiger partial charge in [-0.1, -0.05) is 47.0 Å². The van der Waals surface area contributed by atoms with E-state index in [0.29, 0.717) is 11.5 Å². The topological polar surface area (TPSA) is 15.3 Å². The molecule has 0 aromatic carbocycles. The van der Waals surface area contributed by atoms with E-state index in [2.05, 4.69) is 45.0 Å². The molecule has 2 aliphatic rings. The van der Waals surface area contributed by atoms with E-state index in [1.165, 1.54) is 44.9 Å². The van der Waals surface area contributed by atoms with E-state index in [9.17, 15) is 0 Å². The summed E-state index contributed by atoms with van der Waals surface area (Å²) >= 11 is 0. The van der Waals surface area contributed by atoms with Crippen molar-refractivity contribution in [2.45, 2.75) is 90.8 Å². The highest BCUT2D eigenvalue weighted by atomic mass is 15.2. The van der Waals surface area contributed by atoms with Crippen molar-refractivity contribution < 1.29 is 0 Å². The Kier molecular flexibility index (Phi) is 5.53. The Hall–Kier alpha value is -0.0800. The molecule has 0 radical (unpaired) electrons. The molecular weight excluding hydrogens is 244 g/mol. The van der Waals surface area contributed by atoms with Crippen LogP contribution in [0, 0.1) is 11.3 Å². The zero-order chi connectivity index (χ0) is 14.8. The minimum atomic E-state index is 0.436. The molecule has 0 bridgehead atoms. The average Bonchev–Trinajstić information content (AvgIpc) is 2.41. The Morgan fingerprint density at radius 1 is 1.05 bits per heavy atom. The molecule has 0 amide bonds. The van der Waals surface area contributed by atoms with Crippen molar-refractivity contribution in [3.05, 3.63) is 0 Å². The summed E-state index contributed by atoms with van der Waals surface area (Å²) in [5.41, 5.74) is 0.436. The van der Waals surface area contributed by atoms with Gasteiger partial charge in [0, 0.05) is 18.1 Å². The van der Waals surface area contributed by atoms with Crippen LogP contribution in [-0.2, 0) is 0 Å². The van der Waals surface area contributed by atoms with Gasteiger partial charge in [0.2, 0.25) is 0 Å². The van der Waals surface area contributed by atoms with Crippen molar-refractivity contribution >= 4 is 0 Å². The smallest absolute Gasteiger partial charge is 0.0274 e. The molecule has 0 aromatic heterocycles. The van der Waals surface area contributed by atoms with Crippen LogP contribution in [-0.4, -0.2) is 36.6 Å². The highest BCUT2D eigenvalue weighted by Crippen LogP contribution is 2.39. The molecule has 2 heteroatoms. The van der Waals surface area contributed by atoms with E-state index in [1.54, 1.807) is 0 Å². The van der Waals surface area contributed by atoms with Gasteiger partial charge in [-0.25, -0.2) is 0 Å². The maximum Gasteiger partial charge on any atom is 0.0274 e. The highest BCUT2D eigenvalue weighted by molar-refractivity contribution is 4.99. The van der Waals surface area contributed by atoms with Crippen LogP contribution in [0.4, 0.5) is 0 Å². The van der Waals surface area contributed by atoms with Crippen molar-refractivity contribution in [1.82, 2.24) is 10.2 Å². The number of rotatable bonds is 4. The standard InChI is InChI=1S/C18H36N2/c1-6-19-17-16(12-9-13-18(17,3)4)20(5)15-11-8-7-10-14(15)2/h14-17,19H,6-13H2,1-5H3. The molecule has 0 aromatic rings. The van der Waals surface area contributed by atoms with Crippen LogP contribution in [0.15, 0.2) is 0 Å². The molecule has 2 rings (SSSR count). The number of hydrogen-bond donors (Lipinski definition) is 1. The summed E-state index contributed by atoms with van der Waals surface area (Å²) in [7, 11) is 2.41. The Morgan fingerprint density at radius 3 is 2.35 bits per heavy atom. The second-order valence-corrected chi connectivity index (χ2v) is 7.98. The van der Waals surface area contributed by atoms with Crippen LogP contribution in [0.3, 0.4) is 0 Å². The van der Waals surface area contributed by atoms with Crippen LogP contribution >= 0.6 is 0 Å². The monoisotopic (exact) mass is 280 g/mol. The molecule has 0 saturated heterocycles. The SMILES string of the molecule is CCNC1C(N(C)C2CCCCC2C)CCCC1(C)C. The number of hydrogen-bond acceptors (Lipinski definition) is 2. The molecular formula is C18H36N2. The molecule has 1 N–H and O–H groups in total. The van der Waals surface area contributed by atoms with Crippen LogP contribution < -0.4 is 5.32 Å². The predicted molar refractivity (Wildman–Crippen MR) is 88.1 cm³/mol. The van der Waals surface area contributed by atoms with Gasteiger partial charge in [-0.3, -0.25) is 4.90 Å². The van der Waals surface area contributed by atoms with E-state index in [0.717, 1.165) is 24.5 Å². The first-order chi connectivity index (χ1) is 9.47. The molecule has 2 fully saturated rings. The summed E-state index contributed by atoms with van der Waals surface area (Å²) in [5.74, 6) is 0.876. The van der Waals surface area contributed by atoms with Gasteiger partial charge in [0.05, 0.1) is 0 Å². The lowest BCUT2D eigenvalue weighted by Crippen LogP contribution is -2.60. The maximum atomic E-state index is 3.82. The van der Waals surface area contributed by atoms with Gasteiger partial charge in [-0.2, -0.15) is 0 Å². The van der Waals surface area contributed by atoms with Gasteiger partial charge in [0.1, 0.15) is 0 Å². The van der Waals surface area contributed by atoms with Crippen LogP contribution in [0.2, 0.25) is 0 Å². The Balaban J connectivity index is 2.11. The molecule has 2 saturated carbocycles. The van der Waals surface area contributed by atoms with E-state index in [1.807, 2.05) is 0 Å². The van der Waals surface area contributed by atoms with Crippen molar-refractivity contribution in [1.29, 1.82) is 0 Å². The minimum Gasteiger partial charge on any atom is -0.312 e. The number of nitrogens with one attached hydrogen (secondary N) is 1. The summed E-state index contributed by atoms with van der Waals surface area (Å²) in [6.07, 6.45) is 9.85. The predicted octanol–water partition coefficient (Wildman–Crippen LogP) is 4.05. The first kappa shape index (κ1) is 16.3. The lowest BCUT2D eigenvalue weighted by atomic mass is 9.69. The molecule has 2 nitrogen and oxygen atoms in total. The summed E-state index contributed by atoms with van der Waals surface area (Å²) in [5, 5.41) is 3.82. The van der Waals surface area contributed by atoms with Crippen molar-refractivity contribution in [3.8, 4) is 0 Å². The average molecular weight is 280 g/mol. The first-order valence-electron chi connectivity index (χ1n) is 8.92. The van der Waals surface area contributed by atoms with E-state index < -0.39 is 0 Å². The molecule has 0 spiro atoms. The summed E-state index contributed by atoms with van der Waals surface area (Å²) in [4.78, 5) is 2.76. The van der Waals surface area contributed by atoms with Gasteiger partial charge in [-0.15, -0.1) is 0 Å². The van der Waals surface area contributed by atoms with Crippen molar-refractivity contribution in [2.24, 2.45) is 11.3 Å². The lowest BCUT2D eigenvalue weighted by molar-refractivity contribution is 0.0149. The minimum absolute atomic E-state index is 0.436. The van der Waals surface area contributed by atoms with E-state index in [-0.39, 0.29) is 0 Å². The zero-order valence-corrected chi connectivity index (χ0v) is 14.4. The van der Waals surface area contributed by atoms with Gasteiger partial charge in [0.15, 0.2) is 0 Å². The number of likely N-dealkylation sites (N-methyl/N-ethyl adjacent to an activating group) is 2. The fourth-order valence-corrected chi connectivity index (χ4v) is 4.83. The largest absolute Gasteiger partial charge is 0.312 e. The zero-order valence-electron chi connectivity index (χ0n) is 14.4. The van der Waals surface area contributed by atoms with Gasteiger partial charge < -0.3 is 5.32 Å². The second-order valence-electron chi connectivity index (χ2n) is 7.98. The lowest BCUT2D eigenvalue weighted by Gasteiger charge is -2.51. The molecule has 118 valence electrons. The summed E-state index contributed by atoms with van der Waals surface area (Å²) < 4.78 is 0. The Labute approximate surface area is 126 Å². The van der Waals surface area contributed by atoms with Crippen LogP contribution in [0.5, 0.6) is 0 Å². The fraction of sp³-hybridized carbons (Fsp3) is 1.00. The maximum absolute atomic E-state index is 3.82. The van der Waals surface area contributed by atoms with Crippen molar-refractivity contribution in [2.75, 3.05) is 13.6 Å². The molecule has 4 unspecified atom stereocenters. The van der Waals surface area contributed by atoms with Crippen LogP contribution in [0.25, 0.3) is 0 Å². The fourth-order valence-electron chi connectivity index (χ4n) is 4.83. The van der Waals surface area contributed by atoms with Gasteiger partial charge in [-0.05, 0) is 50.6 Å². The normalized spacial score (nSPS) is 38.1. The molecule has 2 aliphatic carbocycles. The highest BCUT2D eigenvalue weighted by Gasteiger charge is 2.42. The quantitative estimate of drug-likeness (QED) is 0.835. The van der Waals surface area contributed by atoms with Gasteiger partial charge in [0.25, 0.3) is 0 Å².